The summed E-state index contributed by atoms with van der Waals surface area (Å²) in [6.07, 6.45) is 7.65. The highest BCUT2D eigenvalue weighted by atomic mass is 14.7. The number of aromatic nitrogens is 2. The molecule has 0 radical (unpaired) electrons. The molecule has 2 aromatic heterocycles. The Morgan fingerprint density at radius 1 is 1.05 bits per heavy atom. The van der Waals surface area contributed by atoms with Crippen LogP contribution in [0, 0.1) is 5.92 Å². The monoisotopic (exact) mass is 266 g/mol. The molecular weight excluding hydrogens is 244 g/mol. The van der Waals surface area contributed by atoms with Crippen molar-refractivity contribution in [2.75, 3.05) is 0 Å². The fraction of sp³-hybridized carbons (Fsp3) is 0.444. The quantitative estimate of drug-likeness (QED) is 0.804. The fourth-order valence-electron chi connectivity index (χ4n) is 2.80. The van der Waals surface area contributed by atoms with Gasteiger partial charge in [0.15, 0.2) is 0 Å². The van der Waals surface area contributed by atoms with Gasteiger partial charge in [-0.2, -0.15) is 0 Å². The van der Waals surface area contributed by atoms with E-state index in [0.29, 0.717) is 11.8 Å². The maximum atomic E-state index is 4.58. The summed E-state index contributed by atoms with van der Waals surface area (Å²) in [6.45, 7) is 4.40. The van der Waals surface area contributed by atoms with Crippen LogP contribution < -0.4 is 0 Å². The van der Waals surface area contributed by atoms with E-state index in [9.17, 15) is 0 Å². The minimum absolute atomic E-state index is 0.490. The Bertz CT molecular complexity index is 559. The first-order chi connectivity index (χ1) is 9.74. The van der Waals surface area contributed by atoms with Crippen LogP contribution in [0.15, 0.2) is 42.7 Å². The van der Waals surface area contributed by atoms with Gasteiger partial charge in [-0.3, -0.25) is 9.97 Å². The van der Waals surface area contributed by atoms with Crippen molar-refractivity contribution >= 4 is 0 Å². The van der Waals surface area contributed by atoms with E-state index in [4.69, 9.17) is 0 Å². The third-order valence-corrected chi connectivity index (χ3v) is 4.15. The van der Waals surface area contributed by atoms with E-state index in [1.807, 2.05) is 18.5 Å². The van der Waals surface area contributed by atoms with Gasteiger partial charge in [-0.15, -0.1) is 0 Å². The van der Waals surface area contributed by atoms with Crippen LogP contribution in [0.4, 0.5) is 0 Å². The molecule has 2 heteroatoms. The molecule has 0 aromatic carbocycles. The number of hydrogen-bond donors (Lipinski definition) is 0. The Kier molecular flexibility index (Phi) is 3.81. The lowest BCUT2D eigenvalue weighted by Gasteiger charge is -2.16. The number of rotatable bonds is 5. The minimum Gasteiger partial charge on any atom is -0.261 e. The molecule has 0 saturated heterocycles. The zero-order chi connectivity index (χ0) is 13.9. The maximum absolute atomic E-state index is 4.58. The van der Waals surface area contributed by atoms with Gasteiger partial charge in [0, 0.05) is 29.7 Å². The summed E-state index contributed by atoms with van der Waals surface area (Å²) in [6, 6.07) is 10.7. The van der Waals surface area contributed by atoms with E-state index in [2.05, 4.69) is 48.1 Å². The van der Waals surface area contributed by atoms with Crippen molar-refractivity contribution < 1.29 is 0 Å². The second kappa shape index (κ2) is 5.74. The third kappa shape index (κ3) is 3.06. The van der Waals surface area contributed by atoms with E-state index < -0.39 is 0 Å². The average molecular weight is 266 g/mol. The van der Waals surface area contributed by atoms with Gasteiger partial charge < -0.3 is 0 Å². The van der Waals surface area contributed by atoms with Crippen molar-refractivity contribution in [2.24, 2.45) is 5.92 Å². The highest BCUT2D eigenvalue weighted by Gasteiger charge is 2.33. The molecule has 1 aliphatic carbocycles. The summed E-state index contributed by atoms with van der Waals surface area (Å²) in [4.78, 5) is 9.04. The molecular formula is C18H22N2. The molecule has 2 aromatic rings. The lowest BCUT2D eigenvalue weighted by atomic mass is 9.91. The molecule has 0 unspecified atom stereocenters. The second-order valence-electron chi connectivity index (χ2n) is 6.15. The summed E-state index contributed by atoms with van der Waals surface area (Å²) < 4.78 is 0. The van der Waals surface area contributed by atoms with Crippen molar-refractivity contribution in [3.05, 3.63) is 59.7 Å². The molecule has 2 nitrogen and oxygen atoms in total. The lowest BCUT2D eigenvalue weighted by molar-refractivity contribution is 0.584. The molecule has 1 atom stereocenters. The van der Waals surface area contributed by atoms with Gasteiger partial charge in [0.05, 0.1) is 0 Å². The largest absolute Gasteiger partial charge is 0.261 e. The Morgan fingerprint density at radius 3 is 2.50 bits per heavy atom. The van der Waals surface area contributed by atoms with Crippen LogP contribution in [0.1, 0.15) is 55.5 Å². The molecule has 1 saturated carbocycles. The van der Waals surface area contributed by atoms with Crippen LogP contribution in [0.5, 0.6) is 0 Å². The lowest BCUT2D eigenvalue weighted by Crippen LogP contribution is -2.08. The molecule has 1 aliphatic rings. The summed E-state index contributed by atoms with van der Waals surface area (Å²) in [5, 5.41) is 0. The van der Waals surface area contributed by atoms with Crippen LogP contribution in [0.2, 0.25) is 0 Å². The van der Waals surface area contributed by atoms with Gasteiger partial charge in [0.25, 0.3) is 0 Å². The van der Waals surface area contributed by atoms with Gasteiger partial charge >= 0.3 is 0 Å². The highest BCUT2D eigenvalue weighted by molar-refractivity contribution is 5.23. The van der Waals surface area contributed by atoms with Crippen molar-refractivity contribution in [1.82, 2.24) is 9.97 Å². The van der Waals surface area contributed by atoms with E-state index in [0.717, 1.165) is 12.3 Å². The molecule has 0 amide bonds. The standard InChI is InChI=1S/C18H22N2/c1-13(2)18-12-14(8-10-20-18)11-16(15-6-7-15)17-5-3-4-9-19-17/h3-5,8-10,12-13,15-16H,6-7,11H2,1-2H3/t16-/m0/s1. The van der Waals surface area contributed by atoms with Crippen molar-refractivity contribution in [3.63, 3.8) is 0 Å². The highest BCUT2D eigenvalue weighted by Crippen LogP contribution is 2.43. The van der Waals surface area contributed by atoms with Crippen LogP contribution in [0.25, 0.3) is 0 Å². The molecule has 1 fully saturated rings. The first-order valence-electron chi connectivity index (χ1n) is 7.60. The van der Waals surface area contributed by atoms with Gasteiger partial charge in [-0.05, 0) is 60.9 Å². The summed E-state index contributed by atoms with van der Waals surface area (Å²) in [5.41, 5.74) is 3.84. The second-order valence-corrected chi connectivity index (χ2v) is 6.15. The van der Waals surface area contributed by atoms with Crippen LogP contribution in [-0.2, 0) is 6.42 Å². The predicted molar refractivity (Wildman–Crippen MR) is 81.7 cm³/mol. The Balaban J connectivity index is 1.82. The summed E-state index contributed by atoms with van der Waals surface area (Å²) in [5.74, 6) is 1.88. The molecule has 104 valence electrons. The van der Waals surface area contributed by atoms with Crippen LogP contribution in [-0.4, -0.2) is 9.97 Å². The van der Waals surface area contributed by atoms with Gasteiger partial charge in [0.1, 0.15) is 0 Å². The van der Waals surface area contributed by atoms with Gasteiger partial charge in [0.2, 0.25) is 0 Å². The minimum atomic E-state index is 0.490. The van der Waals surface area contributed by atoms with Crippen molar-refractivity contribution in [3.8, 4) is 0 Å². The van der Waals surface area contributed by atoms with Crippen molar-refractivity contribution in [1.29, 1.82) is 0 Å². The van der Waals surface area contributed by atoms with Gasteiger partial charge in [-0.25, -0.2) is 0 Å². The summed E-state index contributed by atoms with van der Waals surface area (Å²) in [7, 11) is 0. The van der Waals surface area contributed by atoms with E-state index in [1.165, 1.54) is 29.8 Å². The first kappa shape index (κ1) is 13.3. The van der Waals surface area contributed by atoms with E-state index >= 15 is 0 Å². The van der Waals surface area contributed by atoms with Crippen LogP contribution >= 0.6 is 0 Å². The summed E-state index contributed by atoms with van der Waals surface area (Å²) >= 11 is 0. The Hall–Kier alpha value is -1.70. The van der Waals surface area contributed by atoms with E-state index in [-0.39, 0.29) is 0 Å². The maximum Gasteiger partial charge on any atom is 0.0440 e. The zero-order valence-electron chi connectivity index (χ0n) is 12.3. The number of hydrogen-bond acceptors (Lipinski definition) is 2. The molecule has 0 N–H and O–H groups in total. The Morgan fingerprint density at radius 2 is 1.85 bits per heavy atom. The SMILES string of the molecule is CC(C)c1cc(C[C@H](c2ccccn2)C2CC2)ccn1. The average Bonchev–Trinajstić information content (AvgIpc) is 3.30. The van der Waals surface area contributed by atoms with E-state index in [1.54, 1.807) is 0 Å². The molecule has 0 spiro atoms. The normalized spacial score (nSPS) is 16.4. The first-order valence-corrected chi connectivity index (χ1v) is 7.60. The fourth-order valence-corrected chi connectivity index (χ4v) is 2.80. The molecule has 0 aliphatic heterocycles. The Labute approximate surface area is 121 Å². The predicted octanol–water partition coefficient (Wildman–Crippen LogP) is 4.34. The van der Waals surface area contributed by atoms with Crippen LogP contribution in [0.3, 0.4) is 0 Å². The molecule has 0 bridgehead atoms. The third-order valence-electron chi connectivity index (χ3n) is 4.15. The molecule has 3 rings (SSSR count). The van der Waals surface area contributed by atoms with Crippen molar-refractivity contribution in [2.45, 2.75) is 44.9 Å². The molecule has 2 heterocycles. The zero-order valence-corrected chi connectivity index (χ0v) is 12.3. The van der Waals surface area contributed by atoms with Gasteiger partial charge in [-0.1, -0.05) is 19.9 Å². The smallest absolute Gasteiger partial charge is 0.0440 e. The number of nitrogens with zero attached hydrogens (tertiary/aromatic N) is 2. The number of pyridine rings is 2. The topological polar surface area (TPSA) is 25.8 Å². The molecule has 20 heavy (non-hydrogen) atoms.